The van der Waals surface area contributed by atoms with Gasteiger partial charge in [-0.3, -0.25) is 19.9 Å². The number of nitrogens with zero attached hydrogens (tertiary/aromatic N) is 4. The van der Waals surface area contributed by atoms with Crippen molar-refractivity contribution in [3.63, 3.8) is 0 Å². The highest BCUT2D eigenvalue weighted by molar-refractivity contribution is 6.31. The molecule has 0 spiro atoms. The number of fused-ring (bicyclic) bond motifs is 2. The van der Waals surface area contributed by atoms with Gasteiger partial charge in [0.05, 0.1) is 37.7 Å². The SMILES string of the molecule is O=C(Nc1ccc(Cl)c(F)c1)Nc1ccc(Oc2ccc3nccnc3c2)c(F)c1.O=C(Nc1ccc(Oc2ccc3nccnc3c2)c(F)c1)Nc1ccc(Cl)c(C(F)(F)F)c1. The van der Waals surface area contributed by atoms with Gasteiger partial charge in [-0.1, -0.05) is 23.2 Å². The van der Waals surface area contributed by atoms with Gasteiger partial charge in [0.1, 0.15) is 17.3 Å². The molecule has 12 nitrogen and oxygen atoms in total. The highest BCUT2D eigenvalue weighted by Crippen LogP contribution is 2.36. The van der Waals surface area contributed by atoms with Crippen LogP contribution in [0.3, 0.4) is 0 Å². The van der Waals surface area contributed by atoms with Crippen LogP contribution in [0, 0.1) is 17.5 Å². The van der Waals surface area contributed by atoms with E-state index in [9.17, 15) is 35.9 Å². The highest BCUT2D eigenvalue weighted by Gasteiger charge is 2.33. The van der Waals surface area contributed by atoms with Crippen molar-refractivity contribution >= 4 is 80.1 Å². The fraction of sp³-hybridized carbons (Fsp3) is 0.0233. The molecule has 63 heavy (non-hydrogen) atoms. The fourth-order valence-corrected chi connectivity index (χ4v) is 5.91. The smallest absolute Gasteiger partial charge is 0.417 e. The van der Waals surface area contributed by atoms with Crippen LogP contribution in [0.2, 0.25) is 10.0 Å². The van der Waals surface area contributed by atoms with Gasteiger partial charge < -0.3 is 30.7 Å². The molecule has 6 aromatic carbocycles. The van der Waals surface area contributed by atoms with Gasteiger partial charge in [0, 0.05) is 71.8 Å². The number of urea groups is 2. The maximum atomic E-state index is 14.5. The van der Waals surface area contributed by atoms with E-state index in [0.29, 0.717) is 39.6 Å². The van der Waals surface area contributed by atoms with Gasteiger partial charge in [-0.05, 0) is 84.9 Å². The van der Waals surface area contributed by atoms with Crippen molar-refractivity contribution in [3.05, 3.63) is 167 Å². The summed E-state index contributed by atoms with van der Waals surface area (Å²) >= 11 is 11.2. The lowest BCUT2D eigenvalue weighted by atomic mass is 10.2. The standard InChI is InChI=1S/C22H13ClF4N4O2.C21H13ClF2N4O2/c23-16-4-1-12(9-15(16)22(25,26)27)30-21(32)31-13-2-6-20(17(24)10-13)33-14-3-5-18-19(11-14)29-8-7-28-18;22-15-4-1-12(9-16(15)23)27-21(29)28-13-2-6-20(17(24)10-13)30-14-3-5-18-19(11-14)26-8-7-25-18/h1-11H,(H2,30,31,32);1-11H,(H2,27,28,29). The molecule has 0 unspecified atom stereocenters. The van der Waals surface area contributed by atoms with E-state index in [1.165, 1.54) is 48.7 Å². The maximum absolute atomic E-state index is 14.5. The van der Waals surface area contributed by atoms with Gasteiger partial charge in [-0.2, -0.15) is 13.2 Å². The number of carbonyl (C=O) groups is 2. The van der Waals surface area contributed by atoms with E-state index in [4.69, 9.17) is 32.7 Å². The average molecular weight is 904 g/mol. The molecule has 0 saturated carbocycles. The number of benzene rings is 6. The van der Waals surface area contributed by atoms with Crippen molar-refractivity contribution in [2.45, 2.75) is 6.18 Å². The molecule has 4 amide bonds. The van der Waals surface area contributed by atoms with Gasteiger partial charge in [0.25, 0.3) is 0 Å². The molecule has 20 heteroatoms. The van der Waals surface area contributed by atoms with Crippen molar-refractivity contribution in [1.82, 2.24) is 19.9 Å². The number of anilines is 4. The van der Waals surface area contributed by atoms with Crippen LogP contribution in [-0.2, 0) is 6.18 Å². The highest BCUT2D eigenvalue weighted by atomic mass is 35.5. The second kappa shape index (κ2) is 18.9. The quantitative estimate of drug-likeness (QED) is 0.110. The summed E-state index contributed by atoms with van der Waals surface area (Å²) in [6, 6.07) is 22.8. The summed E-state index contributed by atoms with van der Waals surface area (Å²) in [5.74, 6) is -1.50. The van der Waals surface area contributed by atoms with Crippen LogP contribution >= 0.6 is 23.2 Å². The number of alkyl halides is 3. The Morgan fingerprint density at radius 3 is 1.25 bits per heavy atom. The Kier molecular flexibility index (Phi) is 13.0. The summed E-state index contributed by atoms with van der Waals surface area (Å²) in [5, 5.41) is 8.93. The predicted octanol–water partition coefficient (Wildman–Crippen LogP) is 12.9. The predicted molar refractivity (Wildman–Crippen MR) is 225 cm³/mol. The Morgan fingerprint density at radius 1 is 0.460 bits per heavy atom. The van der Waals surface area contributed by atoms with Crippen LogP contribution in [0.15, 0.2) is 134 Å². The first-order chi connectivity index (χ1) is 30.2. The number of rotatable bonds is 8. The van der Waals surface area contributed by atoms with E-state index < -0.39 is 46.3 Å². The average Bonchev–Trinajstić information content (AvgIpc) is 3.24. The molecule has 2 heterocycles. The number of hydrogen-bond acceptors (Lipinski definition) is 8. The Hall–Kier alpha value is -7.70. The van der Waals surface area contributed by atoms with Gasteiger partial charge in [-0.15, -0.1) is 0 Å². The molecular formula is C43H26Cl2F6N8O4. The first-order valence-corrected chi connectivity index (χ1v) is 18.8. The first-order valence-electron chi connectivity index (χ1n) is 18.0. The zero-order valence-electron chi connectivity index (χ0n) is 31.6. The number of ether oxygens (including phenoxy) is 2. The maximum Gasteiger partial charge on any atom is 0.417 e. The second-order valence-electron chi connectivity index (χ2n) is 12.9. The molecule has 0 radical (unpaired) electrons. The van der Waals surface area contributed by atoms with E-state index in [1.54, 1.807) is 55.0 Å². The Balaban J connectivity index is 0.000000190. The third-order valence-corrected chi connectivity index (χ3v) is 9.06. The number of carbonyl (C=O) groups excluding carboxylic acids is 2. The Morgan fingerprint density at radius 2 is 0.841 bits per heavy atom. The molecule has 0 bridgehead atoms. The number of hydrogen-bond donors (Lipinski definition) is 4. The van der Waals surface area contributed by atoms with Crippen molar-refractivity contribution in [2.75, 3.05) is 21.3 Å². The number of nitrogens with one attached hydrogen (secondary N) is 4. The molecule has 318 valence electrons. The van der Waals surface area contributed by atoms with Crippen LogP contribution in [0.5, 0.6) is 23.0 Å². The van der Waals surface area contributed by atoms with Crippen LogP contribution < -0.4 is 30.7 Å². The zero-order valence-corrected chi connectivity index (χ0v) is 33.2. The molecule has 8 rings (SSSR count). The number of amides is 4. The number of halogens is 8. The van der Waals surface area contributed by atoms with Gasteiger partial charge >= 0.3 is 18.2 Å². The fourth-order valence-electron chi connectivity index (χ4n) is 5.57. The molecular weight excluding hydrogens is 877 g/mol. The lowest BCUT2D eigenvalue weighted by Crippen LogP contribution is -2.20. The van der Waals surface area contributed by atoms with Crippen molar-refractivity contribution in [1.29, 1.82) is 0 Å². The summed E-state index contributed by atoms with van der Waals surface area (Å²) in [4.78, 5) is 40.8. The molecule has 0 saturated heterocycles. The molecule has 0 aliphatic heterocycles. The van der Waals surface area contributed by atoms with Gasteiger partial charge in [-0.25, -0.2) is 22.8 Å². The molecule has 0 fully saturated rings. The summed E-state index contributed by atoms with van der Waals surface area (Å²) in [6.45, 7) is 0. The van der Waals surface area contributed by atoms with Gasteiger partial charge in [0.15, 0.2) is 23.1 Å². The third kappa shape index (κ3) is 11.4. The van der Waals surface area contributed by atoms with Crippen molar-refractivity contribution in [3.8, 4) is 23.0 Å². The van der Waals surface area contributed by atoms with Crippen LogP contribution in [0.1, 0.15) is 5.56 Å². The summed E-state index contributed by atoms with van der Waals surface area (Å²) in [5.41, 5.74) is 1.76. The Labute approximate surface area is 361 Å². The summed E-state index contributed by atoms with van der Waals surface area (Å²) in [6.07, 6.45) is 1.52. The molecule has 0 aliphatic rings. The van der Waals surface area contributed by atoms with E-state index >= 15 is 0 Å². The summed E-state index contributed by atoms with van der Waals surface area (Å²) in [7, 11) is 0. The van der Waals surface area contributed by atoms with Crippen LogP contribution in [-0.4, -0.2) is 32.0 Å². The largest absolute Gasteiger partial charge is 0.454 e. The monoisotopic (exact) mass is 902 g/mol. The first kappa shape index (κ1) is 43.4. The van der Waals surface area contributed by atoms with E-state index in [0.717, 1.165) is 24.3 Å². The van der Waals surface area contributed by atoms with Gasteiger partial charge in [0.2, 0.25) is 0 Å². The van der Waals surface area contributed by atoms with Crippen molar-refractivity contribution in [2.24, 2.45) is 0 Å². The van der Waals surface area contributed by atoms with Crippen LogP contribution in [0.4, 0.5) is 58.7 Å². The number of aromatic nitrogens is 4. The molecule has 0 atom stereocenters. The minimum atomic E-state index is -4.68. The molecule has 8 aromatic rings. The molecule has 0 aliphatic carbocycles. The summed E-state index contributed by atoms with van der Waals surface area (Å²) < 4.78 is 92.3. The van der Waals surface area contributed by atoms with E-state index in [2.05, 4.69) is 41.2 Å². The minimum absolute atomic E-state index is 0.0241. The lowest BCUT2D eigenvalue weighted by molar-refractivity contribution is -0.137. The lowest BCUT2D eigenvalue weighted by Gasteiger charge is -2.13. The normalized spacial score (nSPS) is 11.0. The van der Waals surface area contributed by atoms with E-state index in [1.807, 2.05) is 0 Å². The third-order valence-electron chi connectivity index (χ3n) is 8.42. The molecule has 4 N–H and O–H groups in total. The minimum Gasteiger partial charge on any atom is -0.454 e. The van der Waals surface area contributed by atoms with E-state index in [-0.39, 0.29) is 39.3 Å². The second-order valence-corrected chi connectivity index (χ2v) is 13.7. The zero-order chi connectivity index (χ0) is 44.7. The topological polar surface area (TPSA) is 152 Å². The van der Waals surface area contributed by atoms with Crippen LogP contribution in [0.25, 0.3) is 22.1 Å². The van der Waals surface area contributed by atoms with Crippen molar-refractivity contribution < 1.29 is 45.4 Å². The molecule has 2 aromatic heterocycles. The Bertz CT molecular complexity index is 3000.